The van der Waals surface area contributed by atoms with Crippen molar-refractivity contribution in [2.75, 3.05) is 34.4 Å². The number of carbonyl (C=O) groups excluding carboxylic acids is 1. The molecule has 4 N–H and O–H groups in total. The van der Waals surface area contributed by atoms with Crippen LogP contribution < -0.4 is 19.7 Å². The molecule has 2 aromatic heterocycles. The number of amides is 1. The molecule has 1 saturated heterocycles. The van der Waals surface area contributed by atoms with E-state index >= 15 is 0 Å². The van der Waals surface area contributed by atoms with Gasteiger partial charge in [0.15, 0.2) is 28.7 Å². The van der Waals surface area contributed by atoms with E-state index in [1.165, 1.54) is 0 Å². The van der Waals surface area contributed by atoms with Crippen LogP contribution in [0.15, 0.2) is 18.3 Å². The van der Waals surface area contributed by atoms with Crippen molar-refractivity contribution in [3.63, 3.8) is 0 Å². The van der Waals surface area contributed by atoms with Crippen LogP contribution in [0, 0.1) is 5.92 Å². The number of nitrogens with two attached hydrogens (primary N) is 1. The Kier molecular flexibility index (Phi) is 4.46. The first-order valence-corrected chi connectivity index (χ1v) is 9.25. The van der Waals surface area contributed by atoms with Crippen LogP contribution in [0.25, 0.3) is 22.6 Å². The lowest BCUT2D eigenvalue weighted by Gasteiger charge is -2.39. The molecular formula is C19H25N6O3+. The summed E-state index contributed by atoms with van der Waals surface area (Å²) in [5.41, 5.74) is 8.90. The number of nitrogens with one attached hydrogen (secondary N) is 2. The Morgan fingerprint density at radius 1 is 1.29 bits per heavy atom. The Bertz CT molecular complexity index is 985. The normalized spacial score (nSPS) is 22.3. The molecule has 1 aliphatic heterocycles. The molecule has 28 heavy (non-hydrogen) atoms. The zero-order valence-electron chi connectivity index (χ0n) is 16.3. The fourth-order valence-corrected chi connectivity index (χ4v) is 4.13. The minimum absolute atomic E-state index is 0.134. The van der Waals surface area contributed by atoms with Gasteiger partial charge < -0.3 is 20.2 Å². The minimum Gasteiger partial charge on any atom is -0.493 e. The van der Waals surface area contributed by atoms with Gasteiger partial charge in [-0.15, -0.1) is 0 Å². The van der Waals surface area contributed by atoms with Crippen molar-refractivity contribution in [1.82, 2.24) is 24.6 Å². The number of likely N-dealkylation sites (tertiary alicyclic amines) is 1. The molecule has 3 aromatic rings. The summed E-state index contributed by atoms with van der Waals surface area (Å²) in [4.78, 5) is 19.8. The number of fused-ring (bicyclic) bond motifs is 1. The molecule has 9 nitrogen and oxygen atoms in total. The van der Waals surface area contributed by atoms with Gasteiger partial charge in [0.2, 0.25) is 5.91 Å². The number of benzene rings is 1. The van der Waals surface area contributed by atoms with Gasteiger partial charge in [-0.1, -0.05) is 0 Å². The Morgan fingerprint density at radius 2 is 2.04 bits per heavy atom. The molecule has 148 valence electrons. The van der Waals surface area contributed by atoms with E-state index in [1.807, 2.05) is 18.3 Å². The molecule has 1 fully saturated rings. The summed E-state index contributed by atoms with van der Waals surface area (Å²) in [5, 5.41) is 7.41. The van der Waals surface area contributed by atoms with Crippen LogP contribution in [0.2, 0.25) is 0 Å². The average Bonchev–Trinajstić information content (AvgIpc) is 3.33. The number of aromatic nitrogens is 4. The number of quaternary nitrogens is 1. The molecule has 1 amide bonds. The predicted octanol–water partition coefficient (Wildman–Crippen LogP) is 1.80. The maximum atomic E-state index is 11.8. The molecule has 0 saturated carbocycles. The van der Waals surface area contributed by atoms with Crippen molar-refractivity contribution >= 4 is 22.6 Å². The highest BCUT2D eigenvalue weighted by Crippen LogP contribution is 2.37. The maximum Gasteiger partial charge on any atom is 0.226 e. The zero-order valence-corrected chi connectivity index (χ0v) is 16.3. The molecule has 9 heteroatoms. The SMILES string of the molecule is COc1cc2nc(-c3n[nH]cc3[N+]3(C)CCCC(C(N)=O)C3)[nH]c2cc1OC. The van der Waals surface area contributed by atoms with Gasteiger partial charge in [0.25, 0.3) is 0 Å². The number of primary amides is 1. The third kappa shape index (κ3) is 2.97. The summed E-state index contributed by atoms with van der Waals surface area (Å²) in [6, 6.07) is 3.69. The van der Waals surface area contributed by atoms with E-state index in [9.17, 15) is 4.79 Å². The Hall–Kier alpha value is -3.07. The molecule has 0 radical (unpaired) electrons. The van der Waals surface area contributed by atoms with Gasteiger partial charge in [-0.25, -0.2) is 4.98 Å². The number of H-pyrrole nitrogens is 2. The molecular weight excluding hydrogens is 360 g/mol. The highest BCUT2D eigenvalue weighted by molar-refractivity contribution is 5.84. The zero-order chi connectivity index (χ0) is 19.9. The van der Waals surface area contributed by atoms with Crippen LogP contribution >= 0.6 is 0 Å². The number of aromatic amines is 2. The number of carbonyl (C=O) groups is 1. The number of methoxy groups -OCH3 is 2. The summed E-state index contributed by atoms with van der Waals surface area (Å²) in [7, 11) is 5.31. The third-order valence-corrected chi connectivity index (χ3v) is 5.64. The van der Waals surface area contributed by atoms with E-state index in [0.717, 1.165) is 41.8 Å². The summed E-state index contributed by atoms with van der Waals surface area (Å²) in [6.07, 6.45) is 3.65. The van der Waals surface area contributed by atoms with Gasteiger partial charge in [-0.3, -0.25) is 14.4 Å². The van der Waals surface area contributed by atoms with Gasteiger partial charge >= 0.3 is 0 Å². The van der Waals surface area contributed by atoms with Gasteiger partial charge in [-0.2, -0.15) is 5.10 Å². The molecule has 1 aliphatic rings. The van der Waals surface area contributed by atoms with Crippen LogP contribution in [0.1, 0.15) is 12.8 Å². The second-order valence-corrected chi connectivity index (χ2v) is 7.47. The van der Waals surface area contributed by atoms with Crippen molar-refractivity contribution in [2.24, 2.45) is 11.7 Å². The highest BCUT2D eigenvalue weighted by Gasteiger charge is 2.39. The van der Waals surface area contributed by atoms with E-state index in [1.54, 1.807) is 14.2 Å². The molecule has 4 rings (SSSR count). The largest absolute Gasteiger partial charge is 0.493 e. The summed E-state index contributed by atoms with van der Waals surface area (Å²) >= 11 is 0. The van der Waals surface area contributed by atoms with Gasteiger partial charge in [-0.05, 0) is 12.8 Å². The lowest BCUT2D eigenvalue weighted by Crippen LogP contribution is -2.54. The first-order valence-electron chi connectivity index (χ1n) is 9.25. The number of hydrogen-bond donors (Lipinski definition) is 3. The van der Waals surface area contributed by atoms with E-state index in [2.05, 4.69) is 22.2 Å². The summed E-state index contributed by atoms with van der Waals surface area (Å²) in [6.45, 7) is 1.57. The minimum atomic E-state index is -0.239. The lowest BCUT2D eigenvalue weighted by atomic mass is 9.95. The lowest BCUT2D eigenvalue weighted by molar-refractivity contribution is -0.123. The number of nitrogens with zero attached hydrogens (tertiary/aromatic N) is 3. The number of hydrogen-bond acceptors (Lipinski definition) is 5. The van der Waals surface area contributed by atoms with Crippen molar-refractivity contribution in [3.05, 3.63) is 18.3 Å². The van der Waals surface area contributed by atoms with E-state index < -0.39 is 0 Å². The first-order chi connectivity index (χ1) is 13.4. The van der Waals surface area contributed by atoms with Gasteiger partial charge in [0.1, 0.15) is 0 Å². The van der Waals surface area contributed by atoms with E-state index in [-0.39, 0.29) is 11.8 Å². The average molecular weight is 385 g/mol. The predicted molar refractivity (Wildman–Crippen MR) is 106 cm³/mol. The Labute approximate surface area is 162 Å². The molecule has 0 bridgehead atoms. The molecule has 0 spiro atoms. The second-order valence-electron chi connectivity index (χ2n) is 7.47. The van der Waals surface area contributed by atoms with E-state index in [4.69, 9.17) is 20.2 Å². The van der Waals surface area contributed by atoms with Crippen molar-refractivity contribution < 1.29 is 14.3 Å². The van der Waals surface area contributed by atoms with Crippen LogP contribution in [-0.4, -0.2) is 60.4 Å². The topological polar surface area (TPSA) is 119 Å². The Balaban J connectivity index is 1.75. The number of ether oxygens (including phenoxy) is 2. The van der Waals surface area contributed by atoms with E-state index in [0.29, 0.717) is 28.4 Å². The van der Waals surface area contributed by atoms with Gasteiger partial charge in [0.05, 0.1) is 57.5 Å². The van der Waals surface area contributed by atoms with Crippen LogP contribution in [0.3, 0.4) is 0 Å². The van der Waals surface area contributed by atoms with Gasteiger partial charge in [0, 0.05) is 12.1 Å². The number of piperidine rings is 1. The summed E-state index contributed by atoms with van der Waals surface area (Å²) in [5.74, 6) is 1.53. The van der Waals surface area contributed by atoms with Crippen LogP contribution in [0.5, 0.6) is 11.5 Å². The molecule has 2 unspecified atom stereocenters. The first kappa shape index (κ1) is 18.3. The number of rotatable bonds is 5. The Morgan fingerprint density at radius 3 is 2.75 bits per heavy atom. The van der Waals surface area contributed by atoms with Crippen molar-refractivity contribution in [3.8, 4) is 23.0 Å². The number of imidazole rings is 1. The second kappa shape index (κ2) is 6.83. The molecule has 2 atom stereocenters. The monoisotopic (exact) mass is 385 g/mol. The standard InChI is InChI=1S/C19H24N6O3/c1-25(6-4-5-11(10-25)18(20)26)14-9-21-24-17(14)19-22-12-7-15(27-2)16(28-3)8-13(12)23-19/h7-9,11H,4-6,10H2,1-3H3,(H3-,20,21,22,23,24,26)/p+1. The fourth-order valence-electron chi connectivity index (χ4n) is 4.13. The fraction of sp³-hybridized carbons (Fsp3) is 0.421. The van der Waals surface area contributed by atoms with Crippen molar-refractivity contribution in [2.45, 2.75) is 12.8 Å². The van der Waals surface area contributed by atoms with Crippen LogP contribution in [0.4, 0.5) is 5.69 Å². The molecule has 1 aromatic carbocycles. The summed E-state index contributed by atoms with van der Waals surface area (Å²) < 4.78 is 11.3. The smallest absolute Gasteiger partial charge is 0.226 e. The molecule has 3 heterocycles. The van der Waals surface area contributed by atoms with Crippen LogP contribution in [-0.2, 0) is 4.79 Å². The van der Waals surface area contributed by atoms with Crippen molar-refractivity contribution in [1.29, 1.82) is 0 Å². The highest BCUT2D eigenvalue weighted by atomic mass is 16.5. The molecule has 0 aliphatic carbocycles. The maximum absolute atomic E-state index is 11.8. The third-order valence-electron chi connectivity index (χ3n) is 5.64. The quantitative estimate of drug-likeness (QED) is 0.579.